The second kappa shape index (κ2) is 9.47. The first-order valence-electron chi connectivity index (χ1n) is 11.1. The quantitative estimate of drug-likeness (QED) is 0.530. The summed E-state index contributed by atoms with van der Waals surface area (Å²) >= 11 is 0. The number of methoxy groups -OCH3 is 1. The molecule has 0 saturated heterocycles. The van der Waals surface area contributed by atoms with Gasteiger partial charge in [-0.2, -0.15) is 23.7 Å². The molecule has 2 aromatic heterocycles. The Labute approximate surface area is 200 Å². The van der Waals surface area contributed by atoms with Crippen LogP contribution in [0.5, 0.6) is 11.5 Å². The summed E-state index contributed by atoms with van der Waals surface area (Å²) < 4.78 is 51.9. The Morgan fingerprint density at radius 2 is 2.00 bits per heavy atom. The van der Waals surface area contributed by atoms with Crippen molar-refractivity contribution in [2.45, 2.75) is 43.8 Å². The largest absolute Gasteiger partial charge is 0.495 e. The van der Waals surface area contributed by atoms with Crippen LogP contribution < -0.4 is 15.2 Å². The van der Waals surface area contributed by atoms with Crippen molar-refractivity contribution in [2.75, 3.05) is 13.7 Å². The maximum absolute atomic E-state index is 12.9. The van der Waals surface area contributed by atoms with E-state index in [0.29, 0.717) is 41.9 Å². The zero-order valence-corrected chi connectivity index (χ0v) is 19.1. The molecule has 10 heteroatoms. The topological polar surface area (TPSA) is 109 Å². The SMILES string of the molecule is COc1cc(-c2cnc3cccc(C#N)n23)cc(OC[C@]2(N)CCCC(CC(F)(F)F)C2)c1C#N. The van der Waals surface area contributed by atoms with E-state index in [9.17, 15) is 23.7 Å². The van der Waals surface area contributed by atoms with E-state index in [1.165, 1.54) is 7.11 Å². The summed E-state index contributed by atoms with van der Waals surface area (Å²) in [5.41, 5.74) is 7.81. The fourth-order valence-corrected chi connectivity index (χ4v) is 4.83. The number of aromatic nitrogens is 2. The minimum atomic E-state index is -4.24. The number of nitriles is 2. The molecule has 7 nitrogen and oxygen atoms in total. The van der Waals surface area contributed by atoms with Gasteiger partial charge in [0.05, 0.1) is 24.5 Å². The van der Waals surface area contributed by atoms with Gasteiger partial charge in [0.1, 0.15) is 47.1 Å². The molecule has 0 aliphatic heterocycles. The van der Waals surface area contributed by atoms with Gasteiger partial charge in [0.15, 0.2) is 0 Å². The van der Waals surface area contributed by atoms with Crippen LogP contribution in [-0.2, 0) is 0 Å². The monoisotopic (exact) mass is 483 g/mol. The summed E-state index contributed by atoms with van der Waals surface area (Å²) in [5.74, 6) is -0.0979. The van der Waals surface area contributed by atoms with Gasteiger partial charge in [0.2, 0.25) is 0 Å². The molecule has 0 spiro atoms. The molecule has 1 aromatic carbocycles. The number of nitrogens with zero attached hydrogens (tertiary/aromatic N) is 4. The van der Waals surface area contributed by atoms with Crippen molar-refractivity contribution in [1.82, 2.24) is 9.38 Å². The lowest BCUT2D eigenvalue weighted by Gasteiger charge is -2.38. The number of ether oxygens (including phenoxy) is 2. The number of benzene rings is 1. The molecule has 3 aromatic rings. The molecule has 1 aliphatic rings. The number of fused-ring (bicyclic) bond motifs is 1. The van der Waals surface area contributed by atoms with Crippen LogP contribution >= 0.6 is 0 Å². The Morgan fingerprint density at radius 3 is 2.69 bits per heavy atom. The highest BCUT2D eigenvalue weighted by molar-refractivity contribution is 5.71. The van der Waals surface area contributed by atoms with Gasteiger partial charge < -0.3 is 15.2 Å². The second-order valence-electron chi connectivity index (χ2n) is 8.96. The third kappa shape index (κ3) is 5.18. The van der Waals surface area contributed by atoms with Gasteiger partial charge in [-0.1, -0.05) is 12.5 Å². The first-order valence-corrected chi connectivity index (χ1v) is 11.1. The molecular formula is C25H24F3N5O2. The van der Waals surface area contributed by atoms with E-state index in [0.717, 1.165) is 0 Å². The highest BCUT2D eigenvalue weighted by Crippen LogP contribution is 2.39. The Kier molecular flexibility index (Phi) is 6.60. The second-order valence-corrected chi connectivity index (χ2v) is 8.96. The van der Waals surface area contributed by atoms with Crippen molar-refractivity contribution < 1.29 is 22.6 Å². The average Bonchev–Trinajstić information content (AvgIpc) is 3.25. The van der Waals surface area contributed by atoms with Crippen LogP contribution in [0.3, 0.4) is 0 Å². The van der Waals surface area contributed by atoms with Crippen LogP contribution in [0.25, 0.3) is 16.9 Å². The van der Waals surface area contributed by atoms with Crippen molar-refractivity contribution in [3.05, 3.63) is 47.8 Å². The van der Waals surface area contributed by atoms with Crippen molar-refractivity contribution in [2.24, 2.45) is 11.7 Å². The van der Waals surface area contributed by atoms with Gasteiger partial charge in [0, 0.05) is 12.0 Å². The van der Waals surface area contributed by atoms with E-state index in [4.69, 9.17) is 15.2 Å². The van der Waals surface area contributed by atoms with Crippen LogP contribution in [0.1, 0.15) is 43.4 Å². The number of hydrogen-bond acceptors (Lipinski definition) is 6. The van der Waals surface area contributed by atoms with Crippen LogP contribution in [0, 0.1) is 28.6 Å². The van der Waals surface area contributed by atoms with E-state index in [2.05, 4.69) is 17.1 Å². The number of pyridine rings is 1. The van der Waals surface area contributed by atoms with E-state index >= 15 is 0 Å². The molecule has 182 valence electrons. The fourth-order valence-electron chi connectivity index (χ4n) is 4.83. The minimum Gasteiger partial charge on any atom is -0.495 e. The lowest BCUT2D eigenvalue weighted by atomic mass is 9.75. The molecule has 1 unspecified atom stereocenters. The van der Waals surface area contributed by atoms with E-state index in [-0.39, 0.29) is 30.1 Å². The smallest absolute Gasteiger partial charge is 0.389 e. The summed E-state index contributed by atoms with van der Waals surface area (Å²) in [5, 5.41) is 19.3. The van der Waals surface area contributed by atoms with Crippen LogP contribution in [0.4, 0.5) is 13.2 Å². The summed E-state index contributed by atoms with van der Waals surface area (Å²) in [6.45, 7) is -0.0424. The Morgan fingerprint density at radius 1 is 1.23 bits per heavy atom. The van der Waals surface area contributed by atoms with Gasteiger partial charge >= 0.3 is 6.18 Å². The molecule has 1 saturated carbocycles. The summed E-state index contributed by atoms with van der Waals surface area (Å²) in [6, 6.07) is 12.7. The molecule has 2 heterocycles. The van der Waals surface area contributed by atoms with Crippen molar-refractivity contribution in [1.29, 1.82) is 10.5 Å². The lowest BCUT2D eigenvalue weighted by molar-refractivity contribution is -0.148. The molecule has 2 atom stereocenters. The van der Waals surface area contributed by atoms with Crippen LogP contribution in [0.15, 0.2) is 36.5 Å². The molecular weight excluding hydrogens is 459 g/mol. The zero-order valence-electron chi connectivity index (χ0n) is 19.1. The molecule has 1 aliphatic carbocycles. The normalized spacial score (nSPS) is 20.3. The highest BCUT2D eigenvalue weighted by atomic mass is 19.4. The number of alkyl halides is 3. The van der Waals surface area contributed by atoms with Gasteiger partial charge in [0.25, 0.3) is 0 Å². The molecule has 0 amide bonds. The maximum Gasteiger partial charge on any atom is 0.389 e. The van der Waals surface area contributed by atoms with Crippen LogP contribution in [-0.4, -0.2) is 34.8 Å². The Bertz CT molecular complexity index is 1320. The minimum absolute atomic E-state index is 0.0424. The van der Waals surface area contributed by atoms with Crippen LogP contribution in [0.2, 0.25) is 0 Å². The number of rotatable bonds is 6. The predicted octanol–water partition coefficient (Wildman–Crippen LogP) is 4.97. The zero-order chi connectivity index (χ0) is 25.2. The highest BCUT2D eigenvalue weighted by Gasteiger charge is 2.39. The standard InChI is InChI=1S/C25H24F3N5O2/c1-34-21-8-17(20-14-32-23-6-2-5-18(12-29)33(20)23)9-22(19(21)13-30)35-15-24(31)7-3-4-16(10-24)11-25(26,27)28/h2,5-6,8-9,14,16H,3-4,7,10-11,15,31H2,1H3/t16?,24-/m0/s1. The first kappa shape index (κ1) is 24.4. The van der Waals surface area contributed by atoms with E-state index in [1.807, 2.05) is 0 Å². The van der Waals surface area contributed by atoms with Crippen molar-refractivity contribution >= 4 is 5.65 Å². The van der Waals surface area contributed by atoms with Crippen molar-refractivity contribution in [3.63, 3.8) is 0 Å². The molecule has 4 rings (SSSR count). The molecule has 2 N–H and O–H groups in total. The van der Waals surface area contributed by atoms with Gasteiger partial charge in [-0.05, 0) is 49.4 Å². The molecule has 35 heavy (non-hydrogen) atoms. The molecule has 0 radical (unpaired) electrons. The van der Waals surface area contributed by atoms with E-state index in [1.54, 1.807) is 40.9 Å². The van der Waals surface area contributed by atoms with Crippen molar-refractivity contribution in [3.8, 4) is 34.9 Å². The molecule has 1 fully saturated rings. The maximum atomic E-state index is 12.9. The number of imidazole rings is 1. The number of nitrogens with two attached hydrogens (primary N) is 1. The first-order chi connectivity index (χ1) is 16.7. The van der Waals surface area contributed by atoms with Gasteiger partial charge in [-0.15, -0.1) is 0 Å². The average molecular weight is 483 g/mol. The Balaban J connectivity index is 1.67. The fraction of sp³-hybridized carbons (Fsp3) is 0.400. The number of hydrogen-bond donors (Lipinski definition) is 1. The van der Waals surface area contributed by atoms with E-state index < -0.39 is 24.1 Å². The summed E-state index contributed by atoms with van der Waals surface area (Å²) in [6.07, 6.45) is -1.74. The van der Waals surface area contributed by atoms with Gasteiger partial charge in [-0.25, -0.2) is 4.98 Å². The summed E-state index contributed by atoms with van der Waals surface area (Å²) in [7, 11) is 1.42. The third-order valence-electron chi connectivity index (χ3n) is 6.35. The van der Waals surface area contributed by atoms with Gasteiger partial charge in [-0.3, -0.25) is 4.40 Å². The number of halogens is 3. The Hall–Kier alpha value is -3.76. The predicted molar refractivity (Wildman–Crippen MR) is 122 cm³/mol. The summed E-state index contributed by atoms with van der Waals surface area (Å²) in [4.78, 5) is 4.35. The lowest BCUT2D eigenvalue weighted by Crippen LogP contribution is -2.49. The third-order valence-corrected chi connectivity index (χ3v) is 6.35. The molecule has 0 bridgehead atoms.